The van der Waals surface area contributed by atoms with Gasteiger partial charge in [0.1, 0.15) is 16.6 Å². The Labute approximate surface area is 179 Å². The van der Waals surface area contributed by atoms with Crippen molar-refractivity contribution in [3.63, 3.8) is 0 Å². The number of nitrogens with zero attached hydrogens (tertiary/aromatic N) is 4. The zero-order chi connectivity index (χ0) is 20.9. The molecule has 3 aromatic heterocycles. The Hall–Kier alpha value is -2.91. The number of hydrogen-bond donors (Lipinski definition) is 1. The number of carbonyl (C=O) groups excluding carboxylic acids is 1. The number of rotatable bonds is 6. The van der Waals surface area contributed by atoms with Gasteiger partial charge in [-0.2, -0.15) is 0 Å². The molecule has 1 saturated heterocycles. The molecule has 9 heteroatoms. The van der Waals surface area contributed by atoms with Gasteiger partial charge in [-0.05, 0) is 38.1 Å². The molecule has 1 amide bonds. The highest BCUT2D eigenvalue weighted by Gasteiger charge is 2.17. The molecule has 1 fully saturated rings. The molecule has 0 saturated carbocycles. The summed E-state index contributed by atoms with van der Waals surface area (Å²) in [6.45, 7) is 6.91. The van der Waals surface area contributed by atoms with Crippen molar-refractivity contribution in [3.05, 3.63) is 59.2 Å². The number of anilines is 2. The third kappa shape index (κ3) is 4.63. The number of amides is 1. The number of ether oxygens (including phenoxy) is 1. The maximum atomic E-state index is 12.9. The van der Waals surface area contributed by atoms with Gasteiger partial charge in [-0.3, -0.25) is 4.79 Å². The second kappa shape index (κ2) is 9.27. The summed E-state index contributed by atoms with van der Waals surface area (Å²) < 4.78 is 10.6. The Balaban J connectivity index is 1.43. The Bertz CT molecular complexity index is 996. The van der Waals surface area contributed by atoms with Gasteiger partial charge in [-0.25, -0.2) is 9.97 Å². The van der Waals surface area contributed by atoms with Crippen LogP contribution in [0.1, 0.15) is 27.4 Å². The zero-order valence-corrected chi connectivity index (χ0v) is 17.7. The zero-order valence-electron chi connectivity index (χ0n) is 16.9. The van der Waals surface area contributed by atoms with Crippen LogP contribution in [0.4, 0.5) is 11.5 Å². The quantitative estimate of drug-likeness (QED) is 0.600. The largest absolute Gasteiger partial charge is 0.378 e. The van der Waals surface area contributed by atoms with E-state index in [-0.39, 0.29) is 5.91 Å². The Morgan fingerprint density at radius 3 is 2.73 bits per heavy atom. The molecule has 0 atom stereocenters. The van der Waals surface area contributed by atoms with Crippen molar-refractivity contribution in [2.45, 2.75) is 24.6 Å². The SMILES string of the molecule is Cc1noc(C)c1CSc1ncccc1C(=O)Nc1ccc(N2CCOCC2)cn1. The molecule has 30 heavy (non-hydrogen) atoms. The molecule has 0 aliphatic carbocycles. The van der Waals surface area contributed by atoms with E-state index in [1.54, 1.807) is 24.5 Å². The third-order valence-corrected chi connectivity index (χ3v) is 5.95. The first-order valence-corrected chi connectivity index (χ1v) is 10.7. The van der Waals surface area contributed by atoms with Gasteiger partial charge < -0.3 is 19.5 Å². The molecule has 156 valence electrons. The maximum absolute atomic E-state index is 12.9. The van der Waals surface area contributed by atoms with E-state index in [4.69, 9.17) is 9.26 Å². The summed E-state index contributed by atoms with van der Waals surface area (Å²) in [6, 6.07) is 7.30. The number of aryl methyl sites for hydroxylation is 2. The first-order valence-electron chi connectivity index (χ1n) is 9.71. The fourth-order valence-electron chi connectivity index (χ4n) is 3.18. The molecule has 4 heterocycles. The smallest absolute Gasteiger partial charge is 0.259 e. The molecular formula is C21H23N5O3S. The molecule has 0 radical (unpaired) electrons. The lowest BCUT2D eigenvalue weighted by Crippen LogP contribution is -2.36. The minimum Gasteiger partial charge on any atom is -0.378 e. The van der Waals surface area contributed by atoms with Crippen molar-refractivity contribution in [2.75, 3.05) is 36.5 Å². The van der Waals surface area contributed by atoms with Crippen molar-refractivity contribution < 1.29 is 14.1 Å². The van der Waals surface area contributed by atoms with Gasteiger partial charge in [0.25, 0.3) is 5.91 Å². The highest BCUT2D eigenvalue weighted by atomic mass is 32.2. The normalized spacial score (nSPS) is 14.0. The van der Waals surface area contributed by atoms with Crippen LogP contribution < -0.4 is 10.2 Å². The van der Waals surface area contributed by atoms with Gasteiger partial charge in [-0.1, -0.05) is 5.16 Å². The van der Waals surface area contributed by atoms with Gasteiger partial charge >= 0.3 is 0 Å². The molecule has 1 aliphatic rings. The van der Waals surface area contributed by atoms with Crippen LogP contribution in [0, 0.1) is 13.8 Å². The first-order chi connectivity index (χ1) is 14.6. The number of pyridine rings is 2. The van der Waals surface area contributed by atoms with Gasteiger partial charge in [0.05, 0.1) is 36.4 Å². The van der Waals surface area contributed by atoms with E-state index in [1.807, 2.05) is 26.0 Å². The molecular weight excluding hydrogens is 402 g/mol. The van der Waals surface area contributed by atoms with Crippen LogP contribution in [-0.2, 0) is 10.5 Å². The Morgan fingerprint density at radius 2 is 2.03 bits per heavy atom. The number of morpholine rings is 1. The van der Waals surface area contributed by atoms with Gasteiger partial charge in [0.15, 0.2) is 0 Å². The average Bonchev–Trinajstić information content (AvgIpc) is 3.11. The topological polar surface area (TPSA) is 93.4 Å². The van der Waals surface area contributed by atoms with E-state index in [2.05, 4.69) is 25.3 Å². The van der Waals surface area contributed by atoms with E-state index in [0.717, 1.165) is 35.8 Å². The highest BCUT2D eigenvalue weighted by Crippen LogP contribution is 2.27. The summed E-state index contributed by atoms with van der Waals surface area (Å²) in [6.07, 6.45) is 3.46. The number of hydrogen-bond acceptors (Lipinski definition) is 8. The third-order valence-electron chi connectivity index (χ3n) is 4.92. The van der Waals surface area contributed by atoms with E-state index in [0.29, 0.717) is 35.4 Å². The highest BCUT2D eigenvalue weighted by molar-refractivity contribution is 7.98. The van der Waals surface area contributed by atoms with Crippen LogP contribution in [0.2, 0.25) is 0 Å². The van der Waals surface area contributed by atoms with Crippen molar-refractivity contribution in [3.8, 4) is 0 Å². The fraction of sp³-hybridized carbons (Fsp3) is 0.333. The summed E-state index contributed by atoms with van der Waals surface area (Å²) in [5, 5.41) is 7.50. The van der Waals surface area contributed by atoms with E-state index >= 15 is 0 Å². The van der Waals surface area contributed by atoms with E-state index < -0.39 is 0 Å². The molecule has 0 bridgehead atoms. The summed E-state index contributed by atoms with van der Waals surface area (Å²) in [5.74, 6) is 1.68. The summed E-state index contributed by atoms with van der Waals surface area (Å²) in [5.41, 5.74) is 3.41. The summed E-state index contributed by atoms with van der Waals surface area (Å²) in [4.78, 5) is 23.9. The van der Waals surface area contributed by atoms with Crippen molar-refractivity contribution in [1.82, 2.24) is 15.1 Å². The number of carbonyl (C=O) groups is 1. The standard InChI is InChI=1S/C21H23N5O3S/c1-14-18(15(2)29-25-14)13-30-21-17(4-3-7-22-21)20(27)24-19-6-5-16(12-23-19)26-8-10-28-11-9-26/h3-7,12H,8-11,13H2,1-2H3,(H,23,24,27). The second-order valence-corrected chi connectivity index (χ2v) is 7.87. The molecule has 1 aliphatic heterocycles. The van der Waals surface area contributed by atoms with Gasteiger partial charge in [0.2, 0.25) is 0 Å². The van der Waals surface area contributed by atoms with Crippen LogP contribution >= 0.6 is 11.8 Å². The van der Waals surface area contributed by atoms with Crippen LogP contribution in [0.3, 0.4) is 0 Å². The molecule has 0 aromatic carbocycles. The Morgan fingerprint density at radius 1 is 1.20 bits per heavy atom. The lowest BCUT2D eigenvalue weighted by molar-refractivity contribution is 0.102. The molecule has 8 nitrogen and oxygen atoms in total. The first kappa shape index (κ1) is 20.4. The van der Waals surface area contributed by atoms with E-state index in [9.17, 15) is 4.79 Å². The molecule has 4 rings (SSSR count). The summed E-state index contributed by atoms with van der Waals surface area (Å²) >= 11 is 1.48. The Kier molecular flexibility index (Phi) is 6.29. The number of aromatic nitrogens is 3. The molecule has 0 unspecified atom stereocenters. The predicted octanol–water partition coefficient (Wildman–Crippen LogP) is 3.46. The van der Waals surface area contributed by atoms with Crippen LogP contribution in [0.25, 0.3) is 0 Å². The fourth-order valence-corrected chi connectivity index (χ4v) is 4.32. The van der Waals surface area contributed by atoms with Crippen molar-refractivity contribution in [2.24, 2.45) is 0 Å². The van der Waals surface area contributed by atoms with Crippen LogP contribution in [-0.4, -0.2) is 47.3 Å². The minimum absolute atomic E-state index is 0.240. The monoisotopic (exact) mass is 425 g/mol. The van der Waals surface area contributed by atoms with Gasteiger partial charge in [0, 0.05) is 30.6 Å². The predicted molar refractivity (Wildman–Crippen MR) is 115 cm³/mol. The number of nitrogens with one attached hydrogen (secondary N) is 1. The molecule has 0 spiro atoms. The molecule has 1 N–H and O–H groups in total. The lowest BCUT2D eigenvalue weighted by Gasteiger charge is -2.28. The molecule has 3 aromatic rings. The summed E-state index contributed by atoms with van der Waals surface area (Å²) in [7, 11) is 0. The average molecular weight is 426 g/mol. The minimum atomic E-state index is -0.240. The lowest BCUT2D eigenvalue weighted by atomic mass is 10.2. The van der Waals surface area contributed by atoms with Crippen molar-refractivity contribution in [1.29, 1.82) is 0 Å². The van der Waals surface area contributed by atoms with Crippen molar-refractivity contribution >= 4 is 29.2 Å². The van der Waals surface area contributed by atoms with E-state index in [1.165, 1.54) is 11.8 Å². The second-order valence-electron chi connectivity index (χ2n) is 6.90. The van der Waals surface area contributed by atoms with Crippen LogP contribution in [0.15, 0.2) is 46.2 Å². The van der Waals surface area contributed by atoms with Crippen LogP contribution in [0.5, 0.6) is 0 Å². The van der Waals surface area contributed by atoms with Gasteiger partial charge in [-0.15, -0.1) is 11.8 Å². The number of thioether (sulfide) groups is 1. The maximum Gasteiger partial charge on any atom is 0.259 e.